The minimum absolute atomic E-state index is 0. The quantitative estimate of drug-likeness (QED) is 0.788. The van der Waals surface area contributed by atoms with Crippen molar-refractivity contribution in [1.82, 2.24) is 24.8 Å². The third kappa shape index (κ3) is 4.08. The molecule has 0 radical (unpaired) electrons. The molecule has 0 spiro atoms. The van der Waals surface area contributed by atoms with Gasteiger partial charge in [-0.05, 0) is 19.4 Å². The van der Waals surface area contributed by atoms with E-state index in [-0.39, 0.29) is 42.1 Å². The number of carbonyl (C=O) groups is 1. The Hall–Kier alpha value is -1.90. The van der Waals surface area contributed by atoms with Crippen molar-refractivity contribution in [2.24, 2.45) is 0 Å². The summed E-state index contributed by atoms with van der Waals surface area (Å²) in [6, 6.07) is 1.61. The van der Waals surface area contributed by atoms with E-state index < -0.39 is 11.2 Å². The van der Waals surface area contributed by atoms with E-state index in [1.165, 1.54) is 16.8 Å². The summed E-state index contributed by atoms with van der Waals surface area (Å²) in [4.78, 5) is 45.1. The number of nitrogens with zero attached hydrogens (tertiary/aromatic N) is 3. The van der Waals surface area contributed by atoms with E-state index in [4.69, 9.17) is 0 Å². The Morgan fingerprint density at radius 1 is 1.35 bits per heavy atom. The summed E-state index contributed by atoms with van der Waals surface area (Å²) < 4.78 is 1.43. The molecule has 2 aromatic rings. The van der Waals surface area contributed by atoms with E-state index in [1.807, 2.05) is 13.8 Å². The van der Waals surface area contributed by atoms with Gasteiger partial charge in [-0.25, -0.2) is 9.78 Å². The van der Waals surface area contributed by atoms with Gasteiger partial charge in [0.25, 0.3) is 11.5 Å². The first-order valence-electron chi connectivity index (χ1n) is 8.17. The molecule has 2 aromatic heterocycles. The molecule has 3 heterocycles. The molecule has 8 nitrogen and oxygen atoms in total. The zero-order chi connectivity index (χ0) is 17.3. The largest absolute Gasteiger partial charge is 0.333 e. The molecule has 0 unspecified atom stereocenters. The molecule has 10 heteroatoms. The lowest BCUT2D eigenvalue weighted by atomic mass is 10.1. The van der Waals surface area contributed by atoms with Crippen molar-refractivity contribution in [3.8, 4) is 0 Å². The Labute approximate surface area is 162 Å². The third-order valence-electron chi connectivity index (χ3n) is 4.29. The lowest BCUT2D eigenvalue weighted by Gasteiger charge is -2.34. The van der Waals surface area contributed by atoms with Crippen LogP contribution in [0.5, 0.6) is 0 Å². The number of halogens is 2. The topological polar surface area (TPSA) is 100 Å². The maximum absolute atomic E-state index is 12.7. The van der Waals surface area contributed by atoms with Crippen molar-refractivity contribution in [2.45, 2.75) is 32.9 Å². The van der Waals surface area contributed by atoms with Gasteiger partial charge in [0.15, 0.2) is 0 Å². The average molecular weight is 404 g/mol. The minimum Gasteiger partial charge on any atom is -0.333 e. The number of carbonyl (C=O) groups excluding carboxylic acids is 1. The normalized spacial score (nSPS) is 16.7. The second-order valence-corrected chi connectivity index (χ2v) is 6.06. The van der Waals surface area contributed by atoms with E-state index >= 15 is 0 Å². The molecule has 2 N–H and O–H groups in total. The molecule has 144 valence electrons. The van der Waals surface area contributed by atoms with Gasteiger partial charge >= 0.3 is 5.69 Å². The van der Waals surface area contributed by atoms with Crippen LogP contribution >= 0.6 is 24.8 Å². The van der Waals surface area contributed by atoms with Crippen LogP contribution < -0.4 is 16.6 Å². The van der Waals surface area contributed by atoms with Crippen molar-refractivity contribution in [3.63, 3.8) is 0 Å². The number of pyridine rings is 1. The summed E-state index contributed by atoms with van der Waals surface area (Å²) in [5, 5.41) is 3.50. The van der Waals surface area contributed by atoms with Crippen LogP contribution in [0.3, 0.4) is 0 Å². The Kier molecular flexibility index (Phi) is 7.80. The molecule has 0 bridgehead atoms. The number of aryl methyl sites for hydroxylation is 1. The molecule has 1 saturated heterocycles. The fraction of sp³-hybridized carbons (Fsp3) is 0.500. The number of nitrogens with one attached hydrogen (secondary N) is 2. The number of hydrogen-bond acceptors (Lipinski definition) is 5. The van der Waals surface area contributed by atoms with Crippen LogP contribution in [0.4, 0.5) is 0 Å². The van der Waals surface area contributed by atoms with Crippen LogP contribution in [-0.4, -0.2) is 51.0 Å². The van der Waals surface area contributed by atoms with Crippen molar-refractivity contribution in [3.05, 3.63) is 38.7 Å². The Morgan fingerprint density at radius 3 is 2.73 bits per heavy atom. The molecule has 1 amide bonds. The monoisotopic (exact) mass is 403 g/mol. The number of H-pyrrole nitrogens is 1. The molecule has 1 atom stereocenters. The molecule has 1 aliphatic heterocycles. The smallest absolute Gasteiger partial charge is 0.329 e. The summed E-state index contributed by atoms with van der Waals surface area (Å²) >= 11 is 0. The molecule has 3 rings (SSSR count). The van der Waals surface area contributed by atoms with Gasteiger partial charge in [0.1, 0.15) is 5.65 Å². The highest BCUT2D eigenvalue weighted by Gasteiger charge is 2.25. The average Bonchev–Trinajstić information content (AvgIpc) is 2.58. The highest BCUT2D eigenvalue weighted by atomic mass is 35.5. The van der Waals surface area contributed by atoms with Crippen LogP contribution in [0.15, 0.2) is 21.9 Å². The summed E-state index contributed by atoms with van der Waals surface area (Å²) in [5.74, 6) is -0.147. The molecular weight excluding hydrogens is 381 g/mol. The fourth-order valence-electron chi connectivity index (χ4n) is 3.02. The minimum atomic E-state index is -0.516. The third-order valence-corrected chi connectivity index (χ3v) is 4.29. The van der Waals surface area contributed by atoms with Gasteiger partial charge in [-0.15, -0.1) is 24.8 Å². The summed E-state index contributed by atoms with van der Waals surface area (Å²) in [6.07, 6.45) is 2.19. The molecule has 1 fully saturated rings. The first-order valence-corrected chi connectivity index (χ1v) is 8.17. The van der Waals surface area contributed by atoms with Crippen molar-refractivity contribution < 1.29 is 4.79 Å². The van der Waals surface area contributed by atoms with E-state index in [0.717, 1.165) is 19.5 Å². The Bertz CT molecular complexity index is 896. The van der Waals surface area contributed by atoms with Gasteiger partial charge in [0, 0.05) is 38.4 Å². The van der Waals surface area contributed by atoms with Crippen LogP contribution in [0.25, 0.3) is 11.0 Å². The molecule has 0 aliphatic carbocycles. The van der Waals surface area contributed by atoms with Crippen LogP contribution in [-0.2, 0) is 6.54 Å². The SMILES string of the molecule is CCCn1c(=O)[nH]c(=O)c2cc(C(=O)N3CCNC[C@H]3C)cnc21.Cl.Cl. The first kappa shape index (κ1) is 22.1. The van der Waals surface area contributed by atoms with Gasteiger partial charge in [0.05, 0.1) is 10.9 Å². The lowest BCUT2D eigenvalue weighted by Crippen LogP contribution is -2.52. The molecular formula is C16H23Cl2N5O3. The lowest BCUT2D eigenvalue weighted by molar-refractivity contribution is 0.0655. The van der Waals surface area contributed by atoms with Gasteiger partial charge in [-0.1, -0.05) is 6.92 Å². The van der Waals surface area contributed by atoms with Crippen molar-refractivity contribution >= 4 is 41.8 Å². The van der Waals surface area contributed by atoms with Gasteiger partial charge in [-0.3, -0.25) is 19.1 Å². The highest BCUT2D eigenvalue weighted by Crippen LogP contribution is 2.13. The summed E-state index contributed by atoms with van der Waals surface area (Å²) in [6.45, 7) is 6.47. The van der Waals surface area contributed by atoms with E-state index in [0.29, 0.717) is 24.3 Å². The van der Waals surface area contributed by atoms with Crippen molar-refractivity contribution in [2.75, 3.05) is 19.6 Å². The van der Waals surface area contributed by atoms with Crippen LogP contribution in [0.2, 0.25) is 0 Å². The maximum Gasteiger partial charge on any atom is 0.329 e. The second-order valence-electron chi connectivity index (χ2n) is 6.06. The predicted octanol–water partition coefficient (Wildman–Crippen LogP) is 0.772. The Balaban J connectivity index is 0.00000169. The molecule has 26 heavy (non-hydrogen) atoms. The fourth-order valence-corrected chi connectivity index (χ4v) is 3.02. The number of aromatic amines is 1. The van der Waals surface area contributed by atoms with Gasteiger partial charge < -0.3 is 10.2 Å². The number of aromatic nitrogens is 3. The molecule has 0 saturated carbocycles. The number of amides is 1. The number of hydrogen-bond donors (Lipinski definition) is 2. The van der Waals surface area contributed by atoms with E-state index in [9.17, 15) is 14.4 Å². The Morgan fingerprint density at radius 2 is 2.08 bits per heavy atom. The number of piperazine rings is 1. The van der Waals surface area contributed by atoms with Crippen LogP contribution in [0, 0.1) is 0 Å². The van der Waals surface area contributed by atoms with Crippen LogP contribution in [0.1, 0.15) is 30.6 Å². The standard InChI is InChI=1S/C16H21N5O3.2ClH/c1-3-5-21-13-12(14(22)19-16(21)24)7-11(9-18-13)15(23)20-6-4-17-8-10(20)2;;/h7,9-10,17H,3-6,8H2,1-2H3,(H,19,22,24);2*1H/t10-;;/m1../s1. The number of rotatable bonds is 3. The maximum atomic E-state index is 12.7. The van der Waals surface area contributed by atoms with E-state index in [1.54, 1.807) is 4.90 Å². The highest BCUT2D eigenvalue weighted by molar-refractivity contribution is 5.97. The molecule has 0 aromatic carbocycles. The second kappa shape index (κ2) is 9.16. The first-order chi connectivity index (χ1) is 11.5. The number of fused-ring (bicyclic) bond motifs is 1. The zero-order valence-electron chi connectivity index (χ0n) is 14.7. The van der Waals surface area contributed by atoms with Gasteiger partial charge in [-0.2, -0.15) is 0 Å². The molecule has 1 aliphatic rings. The van der Waals surface area contributed by atoms with E-state index in [2.05, 4.69) is 15.3 Å². The summed E-state index contributed by atoms with van der Waals surface area (Å²) in [5.41, 5.74) is -0.312. The predicted molar refractivity (Wildman–Crippen MR) is 105 cm³/mol. The van der Waals surface area contributed by atoms with Crippen molar-refractivity contribution in [1.29, 1.82) is 0 Å². The zero-order valence-corrected chi connectivity index (χ0v) is 16.3. The van der Waals surface area contributed by atoms with Gasteiger partial charge in [0.2, 0.25) is 0 Å². The summed E-state index contributed by atoms with van der Waals surface area (Å²) in [7, 11) is 0.